The van der Waals surface area contributed by atoms with E-state index in [1.165, 1.54) is 56.1 Å². The number of benzene rings is 1. The molecule has 222 valence electrons. The number of fused-ring (bicyclic) bond motifs is 5. The largest absolute Gasteiger partial charge is 0.461 e. The second-order valence-electron chi connectivity index (χ2n) is 15.1. The van der Waals surface area contributed by atoms with Gasteiger partial charge in [-0.05, 0) is 97.9 Å². The van der Waals surface area contributed by atoms with E-state index in [-0.39, 0.29) is 17.5 Å². The molecule has 0 saturated heterocycles. The highest BCUT2D eigenvalue weighted by molar-refractivity contribution is 5.69. The second kappa shape index (κ2) is 12.3. The molecule has 0 aromatic heterocycles. The van der Waals surface area contributed by atoms with Crippen LogP contribution in [0.1, 0.15) is 117 Å². The monoisotopic (exact) mass is 548 g/mol. The van der Waals surface area contributed by atoms with Gasteiger partial charge in [-0.25, -0.2) is 0 Å². The molecule has 0 bridgehead atoms. The zero-order chi connectivity index (χ0) is 28.5. The molecule has 4 aliphatic carbocycles. The first-order chi connectivity index (χ1) is 19.1. The van der Waals surface area contributed by atoms with Crippen LogP contribution in [0.5, 0.6) is 0 Å². The van der Waals surface area contributed by atoms with Gasteiger partial charge in [0.1, 0.15) is 6.10 Å². The second-order valence-corrected chi connectivity index (χ2v) is 15.1. The zero-order valence-electron chi connectivity index (χ0n) is 26.0. The Morgan fingerprint density at radius 1 is 1.02 bits per heavy atom. The van der Waals surface area contributed by atoms with E-state index in [2.05, 4.69) is 65.0 Å². The van der Waals surface area contributed by atoms with Gasteiger partial charge in [0.15, 0.2) is 0 Å². The fraction of sp³-hybridized carbons (Fsp3) is 0.757. The number of carbonyl (C=O) groups excluding carboxylic acids is 1. The molecule has 0 aliphatic heterocycles. The third-order valence-corrected chi connectivity index (χ3v) is 12.3. The molecule has 1 aromatic rings. The number of aliphatic hydroxyl groups excluding tert-OH is 1. The maximum absolute atomic E-state index is 13.1. The average Bonchev–Trinajstić information content (AvgIpc) is 3.27. The van der Waals surface area contributed by atoms with Gasteiger partial charge in [0, 0.05) is 18.3 Å². The van der Waals surface area contributed by atoms with Crippen LogP contribution in [0.2, 0.25) is 0 Å². The SMILES string of the molecule is CC(C)CCC[C@@H](C)[C@H]1CC[C@H]2[C@@H]3CC=C4C[C@@H](O)CC(OC(=O)CCCc5ccccc5)[C@]4(C)[C@H]3CC[C@]12C. The van der Waals surface area contributed by atoms with Gasteiger partial charge in [0.2, 0.25) is 0 Å². The highest BCUT2D eigenvalue weighted by atomic mass is 16.5. The van der Waals surface area contributed by atoms with E-state index < -0.39 is 6.10 Å². The number of aliphatic hydroxyl groups is 1. The van der Waals surface area contributed by atoms with Crippen molar-refractivity contribution in [1.82, 2.24) is 0 Å². The summed E-state index contributed by atoms with van der Waals surface area (Å²) in [6.45, 7) is 12.3. The third-order valence-electron chi connectivity index (χ3n) is 12.3. The topological polar surface area (TPSA) is 46.5 Å². The molecule has 0 radical (unpaired) electrons. The number of rotatable bonds is 10. The van der Waals surface area contributed by atoms with E-state index in [0.29, 0.717) is 30.1 Å². The Kier molecular flexibility index (Phi) is 9.20. The van der Waals surface area contributed by atoms with Gasteiger partial charge in [-0.15, -0.1) is 0 Å². The quantitative estimate of drug-likeness (QED) is 0.234. The van der Waals surface area contributed by atoms with Crippen LogP contribution in [0.25, 0.3) is 0 Å². The molecule has 0 spiro atoms. The van der Waals surface area contributed by atoms with Crippen LogP contribution in [-0.2, 0) is 16.0 Å². The number of hydrogen-bond donors (Lipinski definition) is 1. The minimum atomic E-state index is -0.408. The minimum absolute atomic E-state index is 0.0884. The van der Waals surface area contributed by atoms with E-state index in [1.807, 2.05) is 6.07 Å². The van der Waals surface area contributed by atoms with Crippen LogP contribution >= 0.6 is 0 Å². The Bertz CT molecular complexity index is 1030. The van der Waals surface area contributed by atoms with Crippen molar-refractivity contribution < 1.29 is 14.6 Å². The smallest absolute Gasteiger partial charge is 0.306 e. The Morgan fingerprint density at radius 2 is 1.80 bits per heavy atom. The summed E-state index contributed by atoms with van der Waals surface area (Å²) in [5, 5.41) is 10.8. The molecule has 0 heterocycles. The van der Waals surface area contributed by atoms with Crippen LogP contribution in [0, 0.1) is 46.3 Å². The predicted molar refractivity (Wildman–Crippen MR) is 164 cm³/mol. The first-order valence-electron chi connectivity index (χ1n) is 16.7. The molecular weight excluding hydrogens is 492 g/mol. The van der Waals surface area contributed by atoms with Gasteiger partial charge in [0.25, 0.3) is 0 Å². The Labute approximate surface area is 244 Å². The van der Waals surface area contributed by atoms with Gasteiger partial charge in [-0.1, -0.05) is 95.9 Å². The maximum Gasteiger partial charge on any atom is 0.306 e. The molecule has 3 saturated carbocycles. The summed E-state index contributed by atoms with van der Waals surface area (Å²) >= 11 is 0. The van der Waals surface area contributed by atoms with Gasteiger partial charge < -0.3 is 9.84 Å². The van der Waals surface area contributed by atoms with Crippen LogP contribution < -0.4 is 0 Å². The number of aryl methyl sites for hydroxylation is 1. The van der Waals surface area contributed by atoms with Crippen molar-refractivity contribution in [3.63, 3.8) is 0 Å². The van der Waals surface area contributed by atoms with Crippen molar-refractivity contribution in [2.75, 3.05) is 0 Å². The number of allylic oxidation sites excluding steroid dienone is 1. The molecule has 1 unspecified atom stereocenters. The molecule has 0 amide bonds. The van der Waals surface area contributed by atoms with Gasteiger partial charge in [0.05, 0.1) is 6.10 Å². The fourth-order valence-electron chi connectivity index (χ4n) is 10.2. The lowest BCUT2D eigenvalue weighted by atomic mass is 9.46. The maximum atomic E-state index is 13.1. The summed E-state index contributed by atoms with van der Waals surface area (Å²) in [6, 6.07) is 10.4. The highest BCUT2D eigenvalue weighted by Crippen LogP contribution is 2.67. The molecule has 9 atom stereocenters. The van der Waals surface area contributed by atoms with Crippen LogP contribution in [0.3, 0.4) is 0 Å². The molecule has 3 heteroatoms. The lowest BCUT2D eigenvalue weighted by Crippen LogP contribution is -2.56. The summed E-state index contributed by atoms with van der Waals surface area (Å²) < 4.78 is 6.34. The highest BCUT2D eigenvalue weighted by Gasteiger charge is 2.61. The van der Waals surface area contributed by atoms with Crippen molar-refractivity contribution in [1.29, 1.82) is 0 Å². The first-order valence-corrected chi connectivity index (χ1v) is 16.7. The van der Waals surface area contributed by atoms with Crippen molar-refractivity contribution in [2.24, 2.45) is 46.3 Å². The van der Waals surface area contributed by atoms with Crippen molar-refractivity contribution in [3.05, 3.63) is 47.5 Å². The number of esters is 1. The van der Waals surface area contributed by atoms with Gasteiger partial charge in [-0.3, -0.25) is 4.79 Å². The summed E-state index contributed by atoms with van der Waals surface area (Å²) in [4.78, 5) is 13.1. The van der Waals surface area contributed by atoms with E-state index in [9.17, 15) is 9.90 Å². The molecule has 1 N–H and O–H groups in total. The lowest BCUT2D eigenvalue weighted by Gasteiger charge is -2.60. The van der Waals surface area contributed by atoms with E-state index >= 15 is 0 Å². The third kappa shape index (κ3) is 5.83. The number of hydrogen-bond acceptors (Lipinski definition) is 3. The van der Waals surface area contributed by atoms with Gasteiger partial charge in [-0.2, -0.15) is 0 Å². The zero-order valence-corrected chi connectivity index (χ0v) is 26.0. The van der Waals surface area contributed by atoms with Crippen LogP contribution in [0.4, 0.5) is 0 Å². The van der Waals surface area contributed by atoms with Crippen LogP contribution in [-0.4, -0.2) is 23.3 Å². The van der Waals surface area contributed by atoms with E-state index in [1.54, 1.807) is 0 Å². The average molecular weight is 549 g/mol. The van der Waals surface area contributed by atoms with Gasteiger partial charge >= 0.3 is 5.97 Å². The van der Waals surface area contributed by atoms with Crippen molar-refractivity contribution in [2.45, 2.75) is 130 Å². The summed E-state index contributed by atoms with van der Waals surface area (Å²) in [6.07, 6.45) is 15.9. The van der Waals surface area contributed by atoms with Crippen molar-refractivity contribution >= 4 is 5.97 Å². The molecule has 1 aromatic carbocycles. The molecule has 3 fully saturated rings. The van der Waals surface area contributed by atoms with E-state index in [0.717, 1.165) is 49.4 Å². The Hall–Kier alpha value is -1.61. The Morgan fingerprint density at radius 3 is 2.55 bits per heavy atom. The van der Waals surface area contributed by atoms with Crippen LogP contribution in [0.15, 0.2) is 42.0 Å². The minimum Gasteiger partial charge on any atom is -0.461 e. The predicted octanol–water partition coefficient (Wildman–Crippen LogP) is 8.93. The van der Waals surface area contributed by atoms with Crippen molar-refractivity contribution in [3.8, 4) is 0 Å². The standard InChI is InChI=1S/C37H56O3/c1-25(2)11-9-12-26(3)31-19-20-32-30-18-17-28-23-29(38)24-34(37(28,5)33(30)21-22-36(31,32)4)40-35(39)16-10-15-27-13-7-6-8-14-27/h6-8,13-14,17,25-26,29-34,38H,9-12,15-16,18-24H2,1-5H3/t26-,29-,30+,31-,32+,33+,34?,36-,37+/m1/s1. The normalized spacial score (nSPS) is 37.7. The summed E-state index contributed by atoms with van der Waals surface area (Å²) in [5.41, 5.74) is 2.94. The Balaban J connectivity index is 1.27. The molecule has 4 aliphatic rings. The first kappa shape index (κ1) is 29.9. The summed E-state index contributed by atoms with van der Waals surface area (Å²) in [5.74, 6) is 4.37. The van der Waals surface area contributed by atoms with E-state index in [4.69, 9.17) is 4.74 Å². The molecule has 5 rings (SSSR count). The lowest BCUT2D eigenvalue weighted by molar-refractivity contribution is -0.169. The summed E-state index contributed by atoms with van der Waals surface area (Å²) in [7, 11) is 0. The fourth-order valence-corrected chi connectivity index (χ4v) is 10.2. The number of carbonyl (C=O) groups is 1. The molecular formula is C37H56O3. The number of ether oxygens (including phenoxy) is 1. The molecule has 3 nitrogen and oxygen atoms in total. The molecule has 40 heavy (non-hydrogen) atoms.